The molecule has 4 fully saturated rings. The summed E-state index contributed by atoms with van der Waals surface area (Å²) in [4.78, 5) is 6.48. The third-order valence-electron chi connectivity index (χ3n) is 6.72. The van der Waals surface area contributed by atoms with Crippen molar-refractivity contribution < 1.29 is 4.74 Å². The van der Waals surface area contributed by atoms with Crippen LogP contribution in [0.15, 0.2) is 24.3 Å². The van der Waals surface area contributed by atoms with E-state index < -0.39 is 0 Å². The number of nitrogens with zero attached hydrogens (tertiary/aromatic N) is 1. The van der Waals surface area contributed by atoms with Gasteiger partial charge in [-0.3, -0.25) is 0 Å². The van der Waals surface area contributed by atoms with Crippen LogP contribution in [-0.4, -0.2) is 12.1 Å². The molecule has 4 saturated carbocycles. The number of aromatic nitrogens is 1. The van der Waals surface area contributed by atoms with Gasteiger partial charge in [0.25, 0.3) is 0 Å². The van der Waals surface area contributed by atoms with E-state index in [0.29, 0.717) is 5.92 Å². The highest BCUT2D eigenvalue weighted by Gasteiger charge is 2.49. The molecule has 4 bridgehead atoms. The SMILES string of the molecule is COc1ccccc1Nc1nc(C2C3CC4CC(C3)CC2C4)c(C)s1. The van der Waals surface area contributed by atoms with Crippen molar-refractivity contribution in [2.45, 2.75) is 44.9 Å². The molecule has 1 aromatic carbocycles. The van der Waals surface area contributed by atoms with Gasteiger partial charge in [-0.1, -0.05) is 12.1 Å². The Morgan fingerprint density at radius 1 is 1.04 bits per heavy atom. The van der Waals surface area contributed by atoms with Crippen LogP contribution >= 0.6 is 11.3 Å². The minimum atomic E-state index is 0.706. The summed E-state index contributed by atoms with van der Waals surface area (Å²) in [7, 11) is 1.72. The second kappa shape index (κ2) is 6.01. The van der Waals surface area contributed by atoms with Crippen LogP contribution in [0.25, 0.3) is 0 Å². The van der Waals surface area contributed by atoms with Crippen LogP contribution in [0.3, 0.4) is 0 Å². The van der Waals surface area contributed by atoms with Gasteiger partial charge >= 0.3 is 0 Å². The summed E-state index contributed by atoms with van der Waals surface area (Å²) in [5.74, 6) is 5.38. The summed E-state index contributed by atoms with van der Waals surface area (Å²) in [6.45, 7) is 2.26. The van der Waals surface area contributed by atoms with Crippen LogP contribution in [0.4, 0.5) is 10.8 Å². The molecule has 1 N–H and O–H groups in total. The molecule has 25 heavy (non-hydrogen) atoms. The topological polar surface area (TPSA) is 34.1 Å². The predicted octanol–water partition coefficient (Wildman–Crippen LogP) is 5.74. The summed E-state index contributed by atoms with van der Waals surface area (Å²) in [6, 6.07) is 8.07. The third kappa shape index (κ3) is 2.66. The van der Waals surface area contributed by atoms with Gasteiger partial charge in [-0.25, -0.2) is 4.98 Å². The van der Waals surface area contributed by atoms with Gasteiger partial charge in [0, 0.05) is 10.8 Å². The fraction of sp³-hybridized carbons (Fsp3) is 0.571. The summed E-state index contributed by atoms with van der Waals surface area (Å²) < 4.78 is 5.46. The monoisotopic (exact) mass is 354 g/mol. The van der Waals surface area contributed by atoms with Crippen LogP contribution in [0.5, 0.6) is 5.75 Å². The van der Waals surface area contributed by atoms with E-state index >= 15 is 0 Å². The quantitative estimate of drug-likeness (QED) is 0.760. The lowest BCUT2D eigenvalue weighted by Crippen LogP contribution is -2.44. The fourth-order valence-corrected chi connectivity index (χ4v) is 6.89. The number of nitrogens with one attached hydrogen (secondary N) is 1. The Hall–Kier alpha value is -1.55. The number of rotatable bonds is 4. The summed E-state index contributed by atoms with van der Waals surface area (Å²) in [5.41, 5.74) is 2.38. The van der Waals surface area contributed by atoms with Gasteiger partial charge in [0.15, 0.2) is 5.13 Å². The van der Waals surface area contributed by atoms with Crippen molar-refractivity contribution in [2.24, 2.45) is 23.7 Å². The molecule has 0 spiro atoms. The molecule has 0 saturated heterocycles. The molecule has 4 heteroatoms. The van der Waals surface area contributed by atoms with Crippen molar-refractivity contribution in [1.29, 1.82) is 0 Å². The molecule has 1 heterocycles. The molecule has 0 unspecified atom stereocenters. The molecule has 0 radical (unpaired) electrons. The first kappa shape index (κ1) is 15.7. The van der Waals surface area contributed by atoms with E-state index in [1.165, 1.54) is 42.7 Å². The number of benzene rings is 1. The molecule has 1 aromatic heterocycles. The Bertz CT molecular complexity index is 756. The lowest BCUT2D eigenvalue weighted by atomic mass is 9.51. The Morgan fingerprint density at radius 2 is 1.72 bits per heavy atom. The minimum absolute atomic E-state index is 0.706. The highest BCUT2D eigenvalue weighted by molar-refractivity contribution is 7.15. The normalized spacial score (nSPS) is 32.8. The van der Waals surface area contributed by atoms with E-state index in [1.807, 2.05) is 18.2 Å². The van der Waals surface area contributed by atoms with Crippen LogP contribution in [0.2, 0.25) is 0 Å². The number of ether oxygens (including phenoxy) is 1. The Labute approximate surface area is 153 Å². The largest absolute Gasteiger partial charge is 0.495 e. The van der Waals surface area contributed by atoms with Gasteiger partial charge in [-0.05, 0) is 74.8 Å². The van der Waals surface area contributed by atoms with Crippen LogP contribution in [0.1, 0.15) is 48.6 Å². The molecular formula is C21H26N2OS. The first-order valence-corrected chi connectivity index (χ1v) is 10.4. The number of thiazole rings is 1. The van der Waals surface area contributed by atoms with Crippen molar-refractivity contribution >= 4 is 22.2 Å². The second-order valence-electron chi connectivity index (χ2n) is 8.24. The first-order valence-electron chi connectivity index (χ1n) is 9.58. The second-order valence-corrected chi connectivity index (χ2v) is 9.45. The van der Waals surface area contributed by atoms with Gasteiger partial charge in [-0.15, -0.1) is 11.3 Å². The average molecular weight is 355 g/mol. The molecule has 0 aliphatic heterocycles. The number of para-hydroxylation sites is 2. The molecule has 4 aliphatic rings. The van der Waals surface area contributed by atoms with Crippen molar-refractivity contribution in [1.82, 2.24) is 4.98 Å². The molecule has 4 aliphatic carbocycles. The van der Waals surface area contributed by atoms with E-state index in [2.05, 4.69) is 18.3 Å². The highest BCUT2D eigenvalue weighted by atomic mass is 32.1. The third-order valence-corrected chi connectivity index (χ3v) is 7.63. The van der Waals surface area contributed by atoms with Crippen molar-refractivity contribution in [3.05, 3.63) is 34.8 Å². The van der Waals surface area contributed by atoms with Gasteiger partial charge in [0.05, 0.1) is 18.5 Å². The van der Waals surface area contributed by atoms with Gasteiger partial charge < -0.3 is 10.1 Å². The smallest absolute Gasteiger partial charge is 0.187 e. The van der Waals surface area contributed by atoms with E-state index in [1.54, 1.807) is 18.4 Å². The highest BCUT2D eigenvalue weighted by Crippen LogP contribution is 2.60. The maximum atomic E-state index is 5.46. The number of hydrogen-bond donors (Lipinski definition) is 1. The van der Waals surface area contributed by atoms with E-state index in [4.69, 9.17) is 9.72 Å². The number of aryl methyl sites for hydroxylation is 1. The number of anilines is 2. The number of methoxy groups -OCH3 is 1. The summed E-state index contributed by atoms with van der Waals surface area (Å²) in [6.07, 6.45) is 7.30. The predicted molar refractivity (Wildman–Crippen MR) is 103 cm³/mol. The van der Waals surface area contributed by atoms with Crippen LogP contribution in [-0.2, 0) is 0 Å². The zero-order chi connectivity index (χ0) is 17.0. The fourth-order valence-electron chi connectivity index (χ4n) is 6.01. The molecule has 132 valence electrons. The van der Waals surface area contributed by atoms with E-state index in [9.17, 15) is 0 Å². The van der Waals surface area contributed by atoms with Gasteiger partial charge in [0.2, 0.25) is 0 Å². The van der Waals surface area contributed by atoms with Crippen LogP contribution in [0, 0.1) is 30.6 Å². The lowest BCUT2D eigenvalue weighted by Gasteiger charge is -2.54. The van der Waals surface area contributed by atoms with Crippen molar-refractivity contribution in [2.75, 3.05) is 12.4 Å². The first-order chi connectivity index (χ1) is 12.2. The zero-order valence-corrected chi connectivity index (χ0v) is 15.8. The Balaban J connectivity index is 1.42. The molecule has 0 atom stereocenters. The van der Waals surface area contributed by atoms with Crippen LogP contribution < -0.4 is 10.1 Å². The van der Waals surface area contributed by atoms with E-state index in [-0.39, 0.29) is 0 Å². The zero-order valence-electron chi connectivity index (χ0n) is 15.0. The maximum Gasteiger partial charge on any atom is 0.187 e. The van der Waals surface area contributed by atoms with Gasteiger partial charge in [0.1, 0.15) is 5.75 Å². The molecule has 3 nitrogen and oxygen atoms in total. The summed E-state index contributed by atoms with van der Waals surface area (Å²) >= 11 is 1.79. The minimum Gasteiger partial charge on any atom is -0.495 e. The maximum absolute atomic E-state index is 5.46. The Kier molecular flexibility index (Phi) is 3.77. The van der Waals surface area contributed by atoms with Crippen molar-refractivity contribution in [3.63, 3.8) is 0 Å². The average Bonchev–Trinajstić information content (AvgIpc) is 2.94. The molecular weight excluding hydrogens is 328 g/mol. The van der Waals surface area contributed by atoms with Crippen molar-refractivity contribution in [3.8, 4) is 5.75 Å². The van der Waals surface area contributed by atoms with E-state index in [0.717, 1.165) is 40.2 Å². The summed E-state index contributed by atoms with van der Waals surface area (Å²) in [5, 5.41) is 4.49. The molecule has 6 rings (SSSR count). The van der Waals surface area contributed by atoms with Gasteiger partial charge in [-0.2, -0.15) is 0 Å². The number of hydrogen-bond acceptors (Lipinski definition) is 4. The lowest BCUT2D eigenvalue weighted by molar-refractivity contribution is -0.00412. The molecule has 2 aromatic rings. The molecule has 0 amide bonds. The standard InChI is InChI=1S/C21H26N2OS/c1-12-20(19-15-8-13-7-14(10-15)11-16(19)9-13)23-21(25-12)22-17-5-3-4-6-18(17)24-2/h3-6,13-16,19H,7-11H2,1-2H3,(H,22,23). The Morgan fingerprint density at radius 3 is 2.40 bits per heavy atom.